The molecule has 1 aromatic heterocycles. The van der Waals surface area contributed by atoms with E-state index in [1.54, 1.807) is 0 Å². The zero-order chi connectivity index (χ0) is 21.0. The summed E-state index contributed by atoms with van der Waals surface area (Å²) in [5.74, 6) is -4.98. The fourth-order valence-electron chi connectivity index (χ4n) is 1.85. The molecule has 27 heavy (non-hydrogen) atoms. The topological polar surface area (TPSA) is 114 Å². The van der Waals surface area contributed by atoms with E-state index in [2.05, 4.69) is 15.7 Å². The third-order valence-electron chi connectivity index (χ3n) is 2.82. The highest BCUT2D eigenvalue weighted by Crippen LogP contribution is 2.25. The first-order valence-corrected chi connectivity index (χ1v) is 8.18. The van der Waals surface area contributed by atoms with Gasteiger partial charge in [0.15, 0.2) is 6.26 Å². The van der Waals surface area contributed by atoms with E-state index in [1.165, 1.54) is 27.7 Å². The molecule has 0 saturated carbocycles. The highest BCUT2D eigenvalue weighted by atomic mass is 17.0. The summed E-state index contributed by atoms with van der Waals surface area (Å²) in [6, 6.07) is 0. The molecule has 0 fully saturated rings. The van der Waals surface area contributed by atoms with Gasteiger partial charge in [-0.3, -0.25) is 18.7 Å². The van der Waals surface area contributed by atoms with Crippen molar-refractivity contribution in [2.24, 2.45) is 5.41 Å². The van der Waals surface area contributed by atoms with Crippen LogP contribution in [0.4, 0.5) is 4.79 Å². The van der Waals surface area contributed by atoms with Gasteiger partial charge in [0.1, 0.15) is 5.57 Å². The molecule has 0 atom stereocenters. The summed E-state index contributed by atoms with van der Waals surface area (Å²) in [5.41, 5.74) is -0.694. The van der Waals surface area contributed by atoms with Crippen molar-refractivity contribution in [3.63, 3.8) is 0 Å². The highest BCUT2D eigenvalue weighted by molar-refractivity contribution is 6.22. The van der Waals surface area contributed by atoms with Crippen molar-refractivity contribution in [2.45, 2.75) is 60.0 Å². The first kappa shape index (κ1) is 22.5. The Morgan fingerprint density at radius 2 is 1.52 bits per heavy atom. The Balaban J connectivity index is 2.61. The lowest BCUT2D eigenvalue weighted by molar-refractivity contribution is -0.309. The van der Waals surface area contributed by atoms with Crippen LogP contribution in [0, 0.1) is 5.41 Å². The number of carbonyl (C=O) groups excluding carboxylic acids is 3. The van der Waals surface area contributed by atoms with Crippen LogP contribution < -0.4 is 0 Å². The minimum Gasteiger partial charge on any atom is -0.434 e. The van der Waals surface area contributed by atoms with Crippen molar-refractivity contribution in [1.29, 1.82) is 0 Å². The van der Waals surface area contributed by atoms with E-state index < -0.39 is 35.1 Å². The molecule has 0 amide bonds. The molecule has 0 saturated heterocycles. The quantitative estimate of drug-likeness (QED) is 0.125. The molecule has 0 N–H and O–H groups in total. The maximum atomic E-state index is 12.1. The van der Waals surface area contributed by atoms with Gasteiger partial charge < -0.3 is 14.2 Å². The zero-order valence-corrected chi connectivity index (χ0v) is 16.7. The molecule has 9 nitrogen and oxygen atoms in total. The maximum absolute atomic E-state index is 12.1. The smallest absolute Gasteiger partial charge is 0.434 e. The Bertz CT molecular complexity index is 688. The Morgan fingerprint density at radius 3 is 1.96 bits per heavy atom. The van der Waals surface area contributed by atoms with Crippen LogP contribution in [0.5, 0.6) is 0 Å². The Kier molecular flexibility index (Phi) is 6.66. The van der Waals surface area contributed by atoms with Crippen LogP contribution in [0.25, 0.3) is 0 Å². The maximum Gasteiger partial charge on any atom is 0.510 e. The Morgan fingerprint density at radius 1 is 1.00 bits per heavy atom. The van der Waals surface area contributed by atoms with E-state index in [0.717, 1.165) is 6.26 Å². The van der Waals surface area contributed by atoms with Crippen LogP contribution in [0.15, 0.2) is 27.6 Å². The number of ketones is 1. The number of esters is 1. The van der Waals surface area contributed by atoms with Crippen molar-refractivity contribution in [1.82, 2.24) is 0 Å². The van der Waals surface area contributed by atoms with Crippen LogP contribution >= 0.6 is 0 Å². The second-order valence-corrected chi connectivity index (χ2v) is 7.96. The van der Waals surface area contributed by atoms with Crippen molar-refractivity contribution in [3.8, 4) is 0 Å². The second kappa shape index (κ2) is 7.99. The molecule has 0 spiro atoms. The molecule has 0 unspecified atom stereocenters. The monoisotopic (exact) mass is 386 g/mol. The van der Waals surface area contributed by atoms with Crippen molar-refractivity contribution >= 4 is 17.9 Å². The summed E-state index contributed by atoms with van der Waals surface area (Å²) in [6.07, 6.45) is 0.105. The molecule has 0 aromatic carbocycles. The fourth-order valence-corrected chi connectivity index (χ4v) is 1.85. The van der Waals surface area contributed by atoms with Crippen molar-refractivity contribution in [2.75, 3.05) is 6.61 Å². The van der Waals surface area contributed by atoms with Gasteiger partial charge in [-0.25, -0.2) is 9.59 Å². The van der Waals surface area contributed by atoms with E-state index >= 15 is 0 Å². The molecular formula is C18H26O9. The van der Waals surface area contributed by atoms with Gasteiger partial charge in [0.25, 0.3) is 5.76 Å². The highest BCUT2D eigenvalue weighted by Gasteiger charge is 2.37. The van der Waals surface area contributed by atoms with Crippen LogP contribution in [0.3, 0.4) is 0 Å². The SMILES string of the molecule is C=C(C(=O)OC(C)(C)OC(C)(C)OC(=O)OCC(C)(C)C)C(=O)c1coo1. The number of hydrogen-bond donors (Lipinski definition) is 0. The van der Waals surface area contributed by atoms with Crippen molar-refractivity contribution in [3.05, 3.63) is 24.2 Å². The van der Waals surface area contributed by atoms with Gasteiger partial charge in [0, 0.05) is 27.7 Å². The van der Waals surface area contributed by atoms with E-state index in [0.29, 0.717) is 0 Å². The summed E-state index contributed by atoms with van der Waals surface area (Å²) >= 11 is 0. The second-order valence-electron chi connectivity index (χ2n) is 7.96. The number of Topliss-reactive ketones (excluding diaryl/α,β-unsaturated/α-hetero) is 1. The molecule has 0 bridgehead atoms. The predicted octanol–water partition coefficient (Wildman–Crippen LogP) is 3.84. The lowest BCUT2D eigenvalue weighted by Gasteiger charge is -2.34. The van der Waals surface area contributed by atoms with Gasteiger partial charge in [-0.1, -0.05) is 27.4 Å². The predicted molar refractivity (Wildman–Crippen MR) is 91.7 cm³/mol. The Hall–Kier alpha value is -2.55. The molecule has 9 heteroatoms. The number of rotatable bonds is 8. The summed E-state index contributed by atoms with van der Waals surface area (Å²) in [4.78, 5) is 35.7. The normalized spacial score (nSPS) is 12.4. The molecule has 0 aliphatic rings. The molecule has 0 aliphatic heterocycles. The van der Waals surface area contributed by atoms with Gasteiger partial charge in [-0.2, -0.15) is 0 Å². The average Bonchev–Trinajstić information content (AvgIpc) is 2.38. The summed E-state index contributed by atoms with van der Waals surface area (Å²) < 4.78 is 29.5. The first-order chi connectivity index (χ1) is 12.1. The molecule has 152 valence electrons. The van der Waals surface area contributed by atoms with E-state index in [-0.39, 0.29) is 17.8 Å². The summed E-state index contributed by atoms with van der Waals surface area (Å²) in [6.45, 7) is 14.9. The largest absolute Gasteiger partial charge is 0.510 e. The summed E-state index contributed by atoms with van der Waals surface area (Å²) in [7, 11) is 0. The molecule has 0 aliphatic carbocycles. The van der Waals surface area contributed by atoms with Gasteiger partial charge in [-0.05, 0) is 5.41 Å². The number of hydrogen-bond acceptors (Lipinski definition) is 9. The first-order valence-electron chi connectivity index (χ1n) is 8.18. The van der Waals surface area contributed by atoms with Gasteiger partial charge in [-0.15, -0.1) is 0 Å². The van der Waals surface area contributed by atoms with E-state index in [1.807, 2.05) is 20.8 Å². The molecular weight excluding hydrogens is 360 g/mol. The van der Waals surface area contributed by atoms with Gasteiger partial charge in [0.2, 0.25) is 17.4 Å². The standard InChI is InChI=1S/C18H26O9/c1-11(13(19)12-9-23-26-12)14(20)24-17(5,6)27-18(7,8)25-15(21)22-10-16(2,3)4/h9H,1,10H2,2-8H3. The lowest BCUT2D eigenvalue weighted by atomic mass is 9.99. The minimum atomic E-state index is -1.54. The molecule has 1 aromatic rings. The van der Waals surface area contributed by atoms with E-state index in [9.17, 15) is 14.4 Å². The lowest BCUT2D eigenvalue weighted by Crippen LogP contribution is -2.43. The minimum absolute atomic E-state index is 0.157. The van der Waals surface area contributed by atoms with Crippen molar-refractivity contribution < 1.29 is 42.5 Å². The molecule has 1 heterocycles. The average molecular weight is 386 g/mol. The fraction of sp³-hybridized carbons (Fsp3) is 0.611. The Labute approximate surface area is 157 Å². The molecule has 0 radical (unpaired) electrons. The van der Waals surface area contributed by atoms with Crippen LogP contribution in [-0.4, -0.2) is 36.1 Å². The number of ether oxygens (including phenoxy) is 4. The zero-order valence-electron chi connectivity index (χ0n) is 16.7. The third-order valence-corrected chi connectivity index (χ3v) is 2.82. The summed E-state index contributed by atoms with van der Waals surface area (Å²) in [5, 5.41) is 0. The third kappa shape index (κ3) is 7.69. The van der Waals surface area contributed by atoms with Gasteiger partial charge >= 0.3 is 12.1 Å². The molecule has 1 rings (SSSR count). The number of carbonyl (C=O) groups is 3. The van der Waals surface area contributed by atoms with Crippen LogP contribution in [0.1, 0.15) is 59.0 Å². The van der Waals surface area contributed by atoms with Crippen LogP contribution in [0.2, 0.25) is 0 Å². The van der Waals surface area contributed by atoms with Gasteiger partial charge in [0.05, 0.1) is 6.61 Å². The van der Waals surface area contributed by atoms with E-state index in [4.69, 9.17) is 18.9 Å². The van der Waals surface area contributed by atoms with Crippen LogP contribution in [-0.2, 0) is 23.7 Å².